The van der Waals surface area contributed by atoms with Crippen LogP contribution in [0.1, 0.15) is 33.6 Å². The van der Waals surface area contributed by atoms with Crippen molar-refractivity contribution in [1.82, 2.24) is 0 Å². The van der Waals surface area contributed by atoms with Crippen LogP contribution in [-0.4, -0.2) is 12.1 Å². The van der Waals surface area contributed by atoms with E-state index in [9.17, 15) is 4.79 Å². The molecule has 1 fully saturated rings. The van der Waals surface area contributed by atoms with E-state index in [-0.39, 0.29) is 12.1 Å². The lowest BCUT2D eigenvalue weighted by Crippen LogP contribution is -2.09. The van der Waals surface area contributed by atoms with E-state index >= 15 is 0 Å². The highest BCUT2D eigenvalue weighted by Gasteiger charge is 2.23. The van der Waals surface area contributed by atoms with Crippen LogP contribution in [0.4, 0.5) is 0 Å². The Morgan fingerprint density at radius 1 is 1.50 bits per heavy atom. The molecule has 68 valence electrons. The minimum absolute atomic E-state index is 0.0132. The normalized spacial score (nSPS) is 18.2. The van der Waals surface area contributed by atoms with Crippen LogP contribution in [0.3, 0.4) is 0 Å². The molecule has 0 atom stereocenters. The average molecular weight is 168 g/mol. The van der Waals surface area contributed by atoms with Gasteiger partial charge in [0.15, 0.2) is 0 Å². The maximum absolute atomic E-state index is 11.1. The van der Waals surface area contributed by atoms with Gasteiger partial charge in [0, 0.05) is 6.08 Å². The van der Waals surface area contributed by atoms with Crippen LogP contribution in [-0.2, 0) is 9.53 Å². The summed E-state index contributed by atoms with van der Waals surface area (Å²) in [5.41, 5.74) is 1.17. The largest absolute Gasteiger partial charge is 0.460 e. The number of rotatable bonds is 3. The molecule has 0 aromatic carbocycles. The first-order valence-electron chi connectivity index (χ1n) is 4.48. The number of hydrogen-bond donors (Lipinski definition) is 0. The van der Waals surface area contributed by atoms with Gasteiger partial charge in [-0.05, 0) is 39.5 Å². The molecule has 0 spiro atoms. The third-order valence-corrected chi connectivity index (χ3v) is 1.92. The summed E-state index contributed by atoms with van der Waals surface area (Å²) < 4.78 is 4.98. The summed E-state index contributed by atoms with van der Waals surface area (Å²) in [6.45, 7) is 5.72. The SMILES string of the molecule is CC(=CC(=O)OC(C)C)C1CC1. The average Bonchev–Trinajstić information content (AvgIpc) is 2.63. The van der Waals surface area contributed by atoms with Gasteiger partial charge in [-0.25, -0.2) is 4.79 Å². The van der Waals surface area contributed by atoms with E-state index in [0.29, 0.717) is 5.92 Å². The number of ether oxygens (including phenoxy) is 1. The third-order valence-electron chi connectivity index (χ3n) is 1.92. The zero-order chi connectivity index (χ0) is 9.14. The zero-order valence-electron chi connectivity index (χ0n) is 7.96. The van der Waals surface area contributed by atoms with E-state index in [1.807, 2.05) is 20.8 Å². The van der Waals surface area contributed by atoms with Gasteiger partial charge in [0.1, 0.15) is 0 Å². The first-order chi connectivity index (χ1) is 5.59. The molecule has 0 aliphatic heterocycles. The lowest BCUT2D eigenvalue weighted by molar-refractivity contribution is -0.141. The van der Waals surface area contributed by atoms with Crippen molar-refractivity contribution in [3.05, 3.63) is 11.6 Å². The molecular weight excluding hydrogens is 152 g/mol. The molecule has 12 heavy (non-hydrogen) atoms. The maximum Gasteiger partial charge on any atom is 0.330 e. The number of hydrogen-bond acceptors (Lipinski definition) is 2. The van der Waals surface area contributed by atoms with Crippen molar-refractivity contribution in [3.8, 4) is 0 Å². The van der Waals surface area contributed by atoms with Gasteiger partial charge in [-0.3, -0.25) is 0 Å². The quantitative estimate of drug-likeness (QED) is 0.477. The van der Waals surface area contributed by atoms with E-state index < -0.39 is 0 Å². The molecule has 1 aliphatic carbocycles. The first-order valence-corrected chi connectivity index (χ1v) is 4.48. The predicted molar refractivity (Wildman–Crippen MR) is 47.7 cm³/mol. The van der Waals surface area contributed by atoms with Crippen molar-refractivity contribution in [3.63, 3.8) is 0 Å². The minimum Gasteiger partial charge on any atom is -0.460 e. The van der Waals surface area contributed by atoms with Crippen molar-refractivity contribution in [2.24, 2.45) is 5.92 Å². The maximum atomic E-state index is 11.1. The molecule has 0 N–H and O–H groups in total. The molecule has 1 aliphatic rings. The highest BCUT2D eigenvalue weighted by molar-refractivity contribution is 5.83. The Kier molecular flexibility index (Phi) is 2.90. The second kappa shape index (κ2) is 3.74. The predicted octanol–water partition coefficient (Wildman–Crippen LogP) is 2.29. The molecule has 2 heteroatoms. The summed E-state index contributed by atoms with van der Waals surface area (Å²) in [4.78, 5) is 11.1. The summed E-state index contributed by atoms with van der Waals surface area (Å²) in [6.07, 6.45) is 4.08. The second-order valence-electron chi connectivity index (χ2n) is 3.65. The van der Waals surface area contributed by atoms with Crippen LogP contribution in [0.25, 0.3) is 0 Å². The van der Waals surface area contributed by atoms with Crippen LogP contribution in [0.15, 0.2) is 11.6 Å². The second-order valence-corrected chi connectivity index (χ2v) is 3.65. The van der Waals surface area contributed by atoms with E-state index in [4.69, 9.17) is 4.74 Å². The standard InChI is InChI=1S/C10H16O2/c1-7(2)12-10(11)6-8(3)9-4-5-9/h6-7,9H,4-5H2,1-3H3. The fourth-order valence-corrected chi connectivity index (χ4v) is 1.11. The van der Waals surface area contributed by atoms with Gasteiger partial charge < -0.3 is 4.74 Å². The van der Waals surface area contributed by atoms with Crippen LogP contribution < -0.4 is 0 Å². The molecule has 0 heterocycles. The Labute approximate surface area is 73.6 Å². The summed E-state index contributed by atoms with van der Waals surface area (Å²) in [7, 11) is 0. The van der Waals surface area contributed by atoms with Gasteiger partial charge in [-0.2, -0.15) is 0 Å². The molecule has 1 saturated carbocycles. The van der Waals surface area contributed by atoms with Gasteiger partial charge in [0.25, 0.3) is 0 Å². The summed E-state index contributed by atoms with van der Waals surface area (Å²) >= 11 is 0. The lowest BCUT2D eigenvalue weighted by atomic mass is 10.2. The van der Waals surface area contributed by atoms with Crippen LogP contribution in [0.5, 0.6) is 0 Å². The van der Waals surface area contributed by atoms with Gasteiger partial charge in [-0.15, -0.1) is 0 Å². The monoisotopic (exact) mass is 168 g/mol. The molecule has 0 bridgehead atoms. The zero-order valence-corrected chi connectivity index (χ0v) is 7.96. The number of carbonyl (C=O) groups is 1. The minimum atomic E-state index is -0.200. The van der Waals surface area contributed by atoms with Crippen LogP contribution >= 0.6 is 0 Å². The van der Waals surface area contributed by atoms with Gasteiger partial charge >= 0.3 is 5.97 Å². The summed E-state index contributed by atoms with van der Waals surface area (Å²) in [6, 6.07) is 0. The Morgan fingerprint density at radius 2 is 2.08 bits per heavy atom. The highest BCUT2D eigenvalue weighted by atomic mass is 16.5. The molecule has 2 nitrogen and oxygen atoms in total. The molecule has 0 radical (unpaired) electrons. The summed E-state index contributed by atoms with van der Waals surface area (Å²) in [5, 5.41) is 0. The fourth-order valence-electron chi connectivity index (χ4n) is 1.11. The molecule has 0 saturated heterocycles. The Balaban J connectivity index is 2.37. The van der Waals surface area contributed by atoms with Crippen LogP contribution in [0.2, 0.25) is 0 Å². The number of allylic oxidation sites excluding steroid dienone is 1. The summed E-state index contributed by atoms with van der Waals surface area (Å²) in [5.74, 6) is 0.458. The van der Waals surface area contributed by atoms with Crippen molar-refractivity contribution in [2.75, 3.05) is 0 Å². The topological polar surface area (TPSA) is 26.3 Å². The Bertz CT molecular complexity index is 200. The van der Waals surface area contributed by atoms with Crippen molar-refractivity contribution >= 4 is 5.97 Å². The number of esters is 1. The van der Waals surface area contributed by atoms with Gasteiger partial charge in [0.05, 0.1) is 6.10 Å². The fraction of sp³-hybridized carbons (Fsp3) is 0.700. The van der Waals surface area contributed by atoms with E-state index in [1.54, 1.807) is 6.08 Å². The lowest BCUT2D eigenvalue weighted by Gasteiger charge is -2.05. The Morgan fingerprint density at radius 3 is 2.50 bits per heavy atom. The van der Waals surface area contributed by atoms with Crippen molar-refractivity contribution in [2.45, 2.75) is 39.7 Å². The van der Waals surface area contributed by atoms with E-state index in [1.165, 1.54) is 18.4 Å². The smallest absolute Gasteiger partial charge is 0.330 e. The Hall–Kier alpha value is -0.790. The number of carbonyl (C=O) groups excluding carboxylic acids is 1. The molecule has 0 aromatic heterocycles. The molecular formula is C10H16O2. The van der Waals surface area contributed by atoms with E-state index in [0.717, 1.165) is 0 Å². The van der Waals surface area contributed by atoms with Crippen molar-refractivity contribution in [1.29, 1.82) is 0 Å². The first kappa shape index (κ1) is 9.30. The van der Waals surface area contributed by atoms with Crippen LogP contribution in [0, 0.1) is 5.92 Å². The molecule has 1 rings (SSSR count). The molecule has 0 aromatic rings. The molecule has 0 unspecified atom stereocenters. The van der Waals surface area contributed by atoms with Gasteiger partial charge in [0.2, 0.25) is 0 Å². The van der Waals surface area contributed by atoms with E-state index in [2.05, 4.69) is 0 Å². The highest BCUT2D eigenvalue weighted by Crippen LogP contribution is 2.35. The van der Waals surface area contributed by atoms with Crippen molar-refractivity contribution < 1.29 is 9.53 Å². The van der Waals surface area contributed by atoms with Gasteiger partial charge in [-0.1, -0.05) is 5.57 Å². The third kappa shape index (κ3) is 3.07. The molecule has 0 amide bonds.